The van der Waals surface area contributed by atoms with Crippen LogP contribution in [0.2, 0.25) is 0 Å². The van der Waals surface area contributed by atoms with Gasteiger partial charge in [-0.3, -0.25) is 14.6 Å². The summed E-state index contributed by atoms with van der Waals surface area (Å²) in [5, 5.41) is 6.13. The van der Waals surface area contributed by atoms with Crippen LogP contribution in [-0.4, -0.2) is 35.9 Å². The maximum absolute atomic E-state index is 11.9. The number of nitrogens with one attached hydrogen (secondary N) is 2. The van der Waals surface area contributed by atoms with E-state index < -0.39 is 6.04 Å². The molecule has 0 fully saturated rings. The van der Waals surface area contributed by atoms with E-state index in [1.165, 1.54) is 0 Å². The number of benzene rings is 1. The van der Waals surface area contributed by atoms with E-state index in [2.05, 4.69) is 15.6 Å². The van der Waals surface area contributed by atoms with E-state index in [9.17, 15) is 9.59 Å². The lowest BCUT2D eigenvalue weighted by molar-refractivity contribution is -0.125. The van der Waals surface area contributed by atoms with Crippen LogP contribution >= 0.6 is 0 Å². The standard InChI is InChI=1S/C16H21N5O2/c17-7-3-5-13(18)16(23)20-10-15(22)21-12-8-11-4-1-2-6-14(11)19-9-12/h1-2,4,6,8-9,13H,3,5,7,10,17-18H2,(H,20,23)(H,21,22)/t13-/m0/s1. The second-order valence-corrected chi connectivity index (χ2v) is 5.22. The van der Waals surface area contributed by atoms with Crippen molar-refractivity contribution in [1.82, 2.24) is 10.3 Å². The molecule has 6 N–H and O–H groups in total. The van der Waals surface area contributed by atoms with Crippen LogP contribution in [-0.2, 0) is 9.59 Å². The molecule has 7 heteroatoms. The summed E-state index contributed by atoms with van der Waals surface area (Å²) in [4.78, 5) is 27.8. The van der Waals surface area contributed by atoms with E-state index in [0.29, 0.717) is 25.1 Å². The predicted octanol–water partition coefficient (Wildman–Crippen LogP) is 0.356. The number of rotatable bonds is 7. The van der Waals surface area contributed by atoms with Gasteiger partial charge >= 0.3 is 0 Å². The van der Waals surface area contributed by atoms with Gasteiger partial charge in [-0.05, 0) is 31.5 Å². The topological polar surface area (TPSA) is 123 Å². The fourth-order valence-corrected chi connectivity index (χ4v) is 2.11. The van der Waals surface area contributed by atoms with Crippen molar-refractivity contribution in [3.8, 4) is 0 Å². The van der Waals surface area contributed by atoms with Crippen LogP contribution in [0.15, 0.2) is 36.5 Å². The molecule has 7 nitrogen and oxygen atoms in total. The number of para-hydroxylation sites is 1. The average molecular weight is 315 g/mol. The number of hydrogen-bond acceptors (Lipinski definition) is 5. The minimum Gasteiger partial charge on any atom is -0.346 e. The third-order valence-electron chi connectivity index (χ3n) is 3.35. The van der Waals surface area contributed by atoms with Crippen molar-refractivity contribution in [3.05, 3.63) is 36.5 Å². The average Bonchev–Trinajstić information content (AvgIpc) is 2.57. The molecule has 23 heavy (non-hydrogen) atoms. The Morgan fingerprint density at radius 2 is 2.04 bits per heavy atom. The molecule has 0 unspecified atom stereocenters. The van der Waals surface area contributed by atoms with Gasteiger partial charge in [-0.15, -0.1) is 0 Å². The second kappa shape index (κ2) is 8.21. The molecule has 0 aliphatic rings. The molecule has 0 aliphatic carbocycles. The van der Waals surface area contributed by atoms with E-state index >= 15 is 0 Å². The van der Waals surface area contributed by atoms with E-state index in [0.717, 1.165) is 10.9 Å². The number of nitrogens with zero attached hydrogens (tertiary/aromatic N) is 1. The zero-order valence-corrected chi connectivity index (χ0v) is 12.8. The van der Waals surface area contributed by atoms with Gasteiger partial charge in [0.25, 0.3) is 0 Å². The molecular weight excluding hydrogens is 294 g/mol. The third-order valence-corrected chi connectivity index (χ3v) is 3.35. The Morgan fingerprint density at radius 1 is 1.26 bits per heavy atom. The molecule has 2 rings (SSSR count). The quantitative estimate of drug-likeness (QED) is 0.587. The molecule has 0 bridgehead atoms. The summed E-state index contributed by atoms with van der Waals surface area (Å²) >= 11 is 0. The third kappa shape index (κ3) is 5.01. The van der Waals surface area contributed by atoms with Crippen molar-refractivity contribution in [3.63, 3.8) is 0 Å². The molecule has 2 aromatic rings. The monoisotopic (exact) mass is 315 g/mol. The van der Waals surface area contributed by atoms with Crippen LogP contribution in [0.3, 0.4) is 0 Å². The number of carbonyl (C=O) groups is 2. The van der Waals surface area contributed by atoms with E-state index in [1.54, 1.807) is 6.20 Å². The summed E-state index contributed by atoms with van der Waals surface area (Å²) in [6.07, 6.45) is 2.75. The Labute approximate surface area is 134 Å². The van der Waals surface area contributed by atoms with Crippen LogP contribution in [0, 0.1) is 0 Å². The molecule has 1 heterocycles. The van der Waals surface area contributed by atoms with Crippen LogP contribution in [0.5, 0.6) is 0 Å². The fraction of sp³-hybridized carbons (Fsp3) is 0.312. The number of fused-ring (bicyclic) bond motifs is 1. The molecule has 0 radical (unpaired) electrons. The van der Waals surface area contributed by atoms with E-state index in [1.807, 2.05) is 30.3 Å². The number of carbonyl (C=O) groups excluding carboxylic acids is 2. The van der Waals surface area contributed by atoms with Crippen molar-refractivity contribution in [1.29, 1.82) is 0 Å². The number of pyridine rings is 1. The zero-order chi connectivity index (χ0) is 16.7. The number of amides is 2. The van der Waals surface area contributed by atoms with Crippen molar-refractivity contribution < 1.29 is 9.59 Å². The van der Waals surface area contributed by atoms with Gasteiger partial charge in [0.2, 0.25) is 11.8 Å². The number of aromatic nitrogens is 1. The summed E-state index contributed by atoms with van der Waals surface area (Å²) in [6.45, 7) is 0.346. The molecular formula is C16H21N5O2. The van der Waals surface area contributed by atoms with Gasteiger partial charge in [0.05, 0.1) is 30.0 Å². The molecule has 1 aromatic carbocycles. The van der Waals surface area contributed by atoms with E-state index in [4.69, 9.17) is 11.5 Å². The smallest absolute Gasteiger partial charge is 0.243 e. The molecule has 2 amide bonds. The first-order valence-corrected chi connectivity index (χ1v) is 7.48. The largest absolute Gasteiger partial charge is 0.346 e. The van der Waals surface area contributed by atoms with Gasteiger partial charge in [-0.1, -0.05) is 18.2 Å². The Bertz CT molecular complexity index is 689. The fourth-order valence-electron chi connectivity index (χ4n) is 2.11. The lowest BCUT2D eigenvalue weighted by atomic mass is 10.1. The van der Waals surface area contributed by atoms with Crippen molar-refractivity contribution in [2.24, 2.45) is 11.5 Å². The lowest BCUT2D eigenvalue weighted by Gasteiger charge is -2.12. The van der Waals surface area contributed by atoms with Crippen molar-refractivity contribution >= 4 is 28.4 Å². The summed E-state index contributed by atoms with van der Waals surface area (Å²) in [5.41, 5.74) is 12.5. The minimum atomic E-state index is -0.645. The molecule has 0 saturated carbocycles. The first kappa shape index (κ1) is 16.9. The highest BCUT2D eigenvalue weighted by molar-refractivity contribution is 5.96. The first-order chi connectivity index (χ1) is 11.1. The number of anilines is 1. The SMILES string of the molecule is NCCC[C@H](N)C(=O)NCC(=O)Nc1cnc2ccccc2c1. The van der Waals surface area contributed by atoms with Gasteiger partial charge < -0.3 is 22.1 Å². The molecule has 0 aliphatic heterocycles. The molecule has 0 spiro atoms. The van der Waals surface area contributed by atoms with Crippen molar-refractivity contribution in [2.75, 3.05) is 18.4 Å². The van der Waals surface area contributed by atoms with Crippen LogP contribution in [0.1, 0.15) is 12.8 Å². The highest BCUT2D eigenvalue weighted by Gasteiger charge is 2.13. The Hall–Kier alpha value is -2.51. The number of hydrogen-bond donors (Lipinski definition) is 4. The van der Waals surface area contributed by atoms with Crippen LogP contribution < -0.4 is 22.1 Å². The summed E-state index contributed by atoms with van der Waals surface area (Å²) < 4.78 is 0. The maximum atomic E-state index is 11.9. The molecule has 0 saturated heterocycles. The number of nitrogens with two attached hydrogens (primary N) is 2. The van der Waals surface area contributed by atoms with E-state index in [-0.39, 0.29) is 18.4 Å². The van der Waals surface area contributed by atoms with Gasteiger partial charge in [0.1, 0.15) is 0 Å². The van der Waals surface area contributed by atoms with Crippen molar-refractivity contribution in [2.45, 2.75) is 18.9 Å². The predicted molar refractivity (Wildman–Crippen MR) is 89.6 cm³/mol. The molecule has 1 atom stereocenters. The molecule has 1 aromatic heterocycles. The van der Waals surface area contributed by atoms with Crippen LogP contribution in [0.4, 0.5) is 5.69 Å². The highest BCUT2D eigenvalue weighted by atomic mass is 16.2. The minimum absolute atomic E-state index is 0.137. The maximum Gasteiger partial charge on any atom is 0.243 e. The summed E-state index contributed by atoms with van der Waals surface area (Å²) in [5.74, 6) is -0.688. The van der Waals surface area contributed by atoms with Gasteiger partial charge in [0.15, 0.2) is 0 Å². The van der Waals surface area contributed by atoms with Gasteiger partial charge in [-0.25, -0.2) is 0 Å². The normalized spacial score (nSPS) is 11.9. The summed E-state index contributed by atoms with van der Waals surface area (Å²) in [6, 6.07) is 8.79. The Morgan fingerprint density at radius 3 is 2.83 bits per heavy atom. The first-order valence-electron chi connectivity index (χ1n) is 7.48. The second-order valence-electron chi connectivity index (χ2n) is 5.22. The zero-order valence-electron chi connectivity index (χ0n) is 12.8. The Kier molecular flexibility index (Phi) is 6.02. The van der Waals surface area contributed by atoms with Gasteiger partial charge in [0, 0.05) is 5.39 Å². The summed E-state index contributed by atoms with van der Waals surface area (Å²) in [7, 11) is 0. The van der Waals surface area contributed by atoms with Crippen LogP contribution in [0.25, 0.3) is 10.9 Å². The van der Waals surface area contributed by atoms with Gasteiger partial charge in [-0.2, -0.15) is 0 Å². The lowest BCUT2D eigenvalue weighted by Crippen LogP contribution is -2.43. The highest BCUT2D eigenvalue weighted by Crippen LogP contribution is 2.15. The molecule has 122 valence electrons. The Balaban J connectivity index is 1.85.